The molecule has 0 bridgehead atoms. The van der Waals surface area contributed by atoms with Crippen LogP contribution in [-0.4, -0.2) is 18.0 Å². The highest BCUT2D eigenvalue weighted by molar-refractivity contribution is 6.05. The first-order valence-electron chi connectivity index (χ1n) is 8.30. The van der Waals surface area contributed by atoms with Crippen LogP contribution in [0.2, 0.25) is 0 Å². The van der Waals surface area contributed by atoms with E-state index in [2.05, 4.69) is 15.6 Å². The minimum Gasteiger partial charge on any atom is -0.495 e. The van der Waals surface area contributed by atoms with Crippen LogP contribution < -0.4 is 15.4 Å². The molecule has 0 atom stereocenters. The number of nitrogens with one attached hydrogen (secondary N) is 2. The molecule has 0 saturated carbocycles. The van der Waals surface area contributed by atoms with Crippen molar-refractivity contribution in [3.8, 4) is 5.75 Å². The molecule has 5 nitrogen and oxygen atoms in total. The van der Waals surface area contributed by atoms with Crippen molar-refractivity contribution in [2.75, 3.05) is 17.7 Å². The molecule has 2 aromatic carbocycles. The van der Waals surface area contributed by atoms with Gasteiger partial charge in [-0.25, -0.2) is 0 Å². The van der Waals surface area contributed by atoms with Crippen molar-refractivity contribution in [2.24, 2.45) is 0 Å². The molecule has 0 aliphatic carbocycles. The molecule has 0 fully saturated rings. The molecule has 0 spiro atoms. The highest BCUT2D eigenvalue weighted by atomic mass is 16.5. The Hall–Kier alpha value is -3.34. The third-order valence-electron chi connectivity index (χ3n) is 3.94. The van der Waals surface area contributed by atoms with E-state index in [9.17, 15) is 4.79 Å². The minimum atomic E-state index is -0.242. The van der Waals surface area contributed by atoms with Crippen molar-refractivity contribution in [3.63, 3.8) is 0 Å². The van der Waals surface area contributed by atoms with Crippen LogP contribution in [0.3, 0.4) is 0 Å². The predicted molar refractivity (Wildman–Crippen MR) is 104 cm³/mol. The maximum absolute atomic E-state index is 12.6. The molecule has 26 heavy (non-hydrogen) atoms. The molecule has 5 heteroatoms. The molecule has 0 unspecified atom stereocenters. The van der Waals surface area contributed by atoms with Gasteiger partial charge in [-0.3, -0.25) is 9.78 Å². The number of amides is 1. The molecular weight excluding hydrogens is 326 g/mol. The maximum atomic E-state index is 12.6. The van der Waals surface area contributed by atoms with Crippen LogP contribution in [0, 0.1) is 13.8 Å². The van der Waals surface area contributed by atoms with Crippen molar-refractivity contribution in [1.29, 1.82) is 0 Å². The average Bonchev–Trinajstić information content (AvgIpc) is 2.64. The van der Waals surface area contributed by atoms with Crippen molar-refractivity contribution < 1.29 is 9.53 Å². The van der Waals surface area contributed by atoms with E-state index in [1.54, 1.807) is 19.4 Å². The summed E-state index contributed by atoms with van der Waals surface area (Å²) in [7, 11) is 1.58. The first-order valence-corrected chi connectivity index (χ1v) is 8.30. The molecule has 2 N–H and O–H groups in total. The molecule has 0 aliphatic rings. The van der Waals surface area contributed by atoms with Gasteiger partial charge in [0, 0.05) is 11.9 Å². The lowest BCUT2D eigenvalue weighted by Gasteiger charge is -2.12. The fraction of sp³-hybridized carbons (Fsp3) is 0.143. The highest BCUT2D eigenvalue weighted by Crippen LogP contribution is 2.26. The summed E-state index contributed by atoms with van der Waals surface area (Å²) in [4.78, 5) is 16.8. The van der Waals surface area contributed by atoms with Crippen molar-refractivity contribution in [3.05, 3.63) is 77.6 Å². The van der Waals surface area contributed by atoms with Gasteiger partial charge in [0.2, 0.25) is 0 Å². The fourth-order valence-corrected chi connectivity index (χ4v) is 2.55. The zero-order chi connectivity index (χ0) is 18.5. The lowest BCUT2D eigenvalue weighted by Crippen LogP contribution is -2.13. The number of hydrogen-bond acceptors (Lipinski definition) is 4. The van der Waals surface area contributed by atoms with Gasteiger partial charge in [-0.2, -0.15) is 0 Å². The van der Waals surface area contributed by atoms with E-state index in [0.29, 0.717) is 17.0 Å². The monoisotopic (exact) mass is 347 g/mol. The zero-order valence-electron chi connectivity index (χ0n) is 15.0. The maximum Gasteiger partial charge on any atom is 0.257 e. The second-order valence-corrected chi connectivity index (χ2v) is 6.11. The first-order chi connectivity index (χ1) is 12.5. The molecule has 1 aromatic heterocycles. The standard InChI is InChI=1S/C21H21N3O2/c1-14-4-7-17(8-5-14)23-18-11-16(12-22-13-18)21(25)24-19-10-15(2)6-9-20(19)26-3/h4-13,23H,1-3H3,(H,24,25). The summed E-state index contributed by atoms with van der Waals surface area (Å²) in [6, 6.07) is 15.4. The number of benzene rings is 2. The van der Waals surface area contributed by atoms with E-state index in [0.717, 1.165) is 16.9 Å². The number of methoxy groups -OCH3 is 1. The molecule has 0 aliphatic heterocycles. The average molecular weight is 347 g/mol. The summed E-state index contributed by atoms with van der Waals surface area (Å²) < 4.78 is 5.31. The van der Waals surface area contributed by atoms with Gasteiger partial charge >= 0.3 is 0 Å². The van der Waals surface area contributed by atoms with Gasteiger partial charge in [-0.1, -0.05) is 23.8 Å². The number of pyridine rings is 1. The SMILES string of the molecule is COc1ccc(C)cc1NC(=O)c1cncc(Nc2ccc(C)cc2)c1. The number of anilines is 3. The Bertz CT molecular complexity index is 921. The van der Waals surface area contributed by atoms with Crippen LogP contribution in [0.25, 0.3) is 0 Å². The molecule has 132 valence electrons. The highest BCUT2D eigenvalue weighted by Gasteiger charge is 2.11. The van der Waals surface area contributed by atoms with Gasteiger partial charge < -0.3 is 15.4 Å². The number of hydrogen-bond donors (Lipinski definition) is 2. The second-order valence-electron chi connectivity index (χ2n) is 6.11. The Morgan fingerprint density at radius 1 is 0.923 bits per heavy atom. The Labute approximate surface area is 153 Å². The lowest BCUT2D eigenvalue weighted by atomic mass is 10.2. The molecule has 3 aromatic rings. The second kappa shape index (κ2) is 7.70. The number of carbonyl (C=O) groups excluding carboxylic acids is 1. The Kier molecular flexibility index (Phi) is 5.17. The summed E-state index contributed by atoms with van der Waals surface area (Å²) >= 11 is 0. The third kappa shape index (κ3) is 4.19. The van der Waals surface area contributed by atoms with Crippen LogP contribution in [0.15, 0.2) is 60.9 Å². The van der Waals surface area contributed by atoms with Crippen molar-refractivity contribution >= 4 is 23.0 Å². The first kappa shape index (κ1) is 17.5. The number of aryl methyl sites for hydroxylation is 2. The van der Waals surface area contributed by atoms with Crippen LogP contribution in [0.1, 0.15) is 21.5 Å². The number of rotatable bonds is 5. The van der Waals surface area contributed by atoms with Crippen LogP contribution in [0.5, 0.6) is 5.75 Å². The molecular formula is C21H21N3O2. The van der Waals surface area contributed by atoms with Crippen molar-refractivity contribution in [2.45, 2.75) is 13.8 Å². The van der Waals surface area contributed by atoms with E-state index in [-0.39, 0.29) is 5.91 Å². The smallest absolute Gasteiger partial charge is 0.257 e. The fourth-order valence-electron chi connectivity index (χ4n) is 2.55. The zero-order valence-corrected chi connectivity index (χ0v) is 15.0. The molecule has 0 radical (unpaired) electrons. The normalized spacial score (nSPS) is 10.3. The van der Waals surface area contributed by atoms with E-state index < -0.39 is 0 Å². The third-order valence-corrected chi connectivity index (χ3v) is 3.94. The van der Waals surface area contributed by atoms with Gasteiger partial charge in [-0.05, 0) is 49.7 Å². The van der Waals surface area contributed by atoms with Gasteiger partial charge in [0.1, 0.15) is 5.75 Å². The van der Waals surface area contributed by atoms with Gasteiger partial charge in [-0.15, -0.1) is 0 Å². The summed E-state index contributed by atoms with van der Waals surface area (Å²) in [6.45, 7) is 4.00. The van der Waals surface area contributed by atoms with Crippen LogP contribution >= 0.6 is 0 Å². The summed E-state index contributed by atoms with van der Waals surface area (Å²) in [6.07, 6.45) is 3.22. The molecule has 0 saturated heterocycles. The molecule has 3 rings (SSSR count). The summed E-state index contributed by atoms with van der Waals surface area (Å²) in [5, 5.41) is 6.14. The Morgan fingerprint density at radius 2 is 1.65 bits per heavy atom. The number of ether oxygens (including phenoxy) is 1. The molecule has 1 amide bonds. The number of carbonyl (C=O) groups is 1. The molecule has 1 heterocycles. The van der Waals surface area contributed by atoms with Gasteiger partial charge in [0.15, 0.2) is 0 Å². The number of aromatic nitrogens is 1. The minimum absolute atomic E-state index is 0.242. The van der Waals surface area contributed by atoms with Crippen LogP contribution in [-0.2, 0) is 0 Å². The largest absolute Gasteiger partial charge is 0.495 e. The predicted octanol–water partition coefficient (Wildman–Crippen LogP) is 4.70. The topological polar surface area (TPSA) is 63.2 Å². The Morgan fingerprint density at radius 3 is 2.38 bits per heavy atom. The summed E-state index contributed by atoms with van der Waals surface area (Å²) in [5.74, 6) is 0.375. The van der Waals surface area contributed by atoms with Gasteiger partial charge in [0.25, 0.3) is 5.91 Å². The summed E-state index contributed by atoms with van der Waals surface area (Å²) in [5.41, 5.74) is 5.01. The quantitative estimate of drug-likeness (QED) is 0.702. The van der Waals surface area contributed by atoms with Crippen molar-refractivity contribution in [1.82, 2.24) is 4.98 Å². The Balaban J connectivity index is 1.78. The van der Waals surface area contributed by atoms with E-state index >= 15 is 0 Å². The van der Waals surface area contributed by atoms with E-state index in [4.69, 9.17) is 4.74 Å². The van der Waals surface area contributed by atoms with E-state index in [1.807, 2.05) is 56.3 Å². The van der Waals surface area contributed by atoms with E-state index in [1.165, 1.54) is 11.8 Å². The number of nitrogens with zero attached hydrogens (tertiary/aromatic N) is 1. The van der Waals surface area contributed by atoms with Crippen LogP contribution in [0.4, 0.5) is 17.1 Å². The van der Waals surface area contributed by atoms with Gasteiger partial charge in [0.05, 0.1) is 30.2 Å². The lowest BCUT2D eigenvalue weighted by molar-refractivity contribution is 0.102.